The van der Waals surface area contributed by atoms with Gasteiger partial charge in [0.1, 0.15) is 12.1 Å². The molecule has 1 amide bonds. The second-order valence-corrected chi connectivity index (χ2v) is 7.38. The van der Waals surface area contributed by atoms with E-state index in [4.69, 9.17) is 9.47 Å². The maximum Gasteiger partial charge on any atom is 0.239 e. The van der Waals surface area contributed by atoms with Gasteiger partial charge in [0, 0.05) is 25.6 Å². The molecule has 2 aliphatic rings. The minimum Gasteiger partial charge on any atom is -0.358 e. The van der Waals surface area contributed by atoms with Crippen molar-refractivity contribution in [3.05, 3.63) is 35.9 Å². The van der Waals surface area contributed by atoms with Gasteiger partial charge in [0.2, 0.25) is 5.91 Å². The monoisotopic (exact) mass is 332 g/mol. The normalized spacial score (nSPS) is 35.5. The number of hydrogen-bond acceptors (Lipinski definition) is 4. The molecule has 1 aromatic carbocycles. The van der Waals surface area contributed by atoms with Crippen LogP contribution < -0.4 is 5.32 Å². The number of benzene rings is 1. The number of carbonyl (C=O) groups excluding carboxylic acids is 1. The van der Waals surface area contributed by atoms with Crippen LogP contribution in [0.1, 0.15) is 33.3 Å². The Balaban J connectivity index is 1.94. The average molecular weight is 332 g/mol. The van der Waals surface area contributed by atoms with E-state index in [1.807, 2.05) is 32.0 Å². The zero-order valence-corrected chi connectivity index (χ0v) is 15.2. The maximum atomic E-state index is 12.7. The summed E-state index contributed by atoms with van der Waals surface area (Å²) in [5.41, 5.74) is 1.20. The Morgan fingerprint density at radius 1 is 1.17 bits per heavy atom. The van der Waals surface area contributed by atoms with E-state index in [0.717, 1.165) is 6.54 Å². The van der Waals surface area contributed by atoms with Crippen LogP contribution in [0.2, 0.25) is 0 Å². The molecule has 2 aliphatic heterocycles. The van der Waals surface area contributed by atoms with Crippen LogP contribution in [0.25, 0.3) is 0 Å². The number of carbonyl (C=O) groups is 1. The molecule has 1 N–H and O–H groups in total. The first-order chi connectivity index (χ1) is 11.3. The van der Waals surface area contributed by atoms with Gasteiger partial charge in [-0.05, 0) is 26.3 Å². The summed E-state index contributed by atoms with van der Waals surface area (Å²) in [6.45, 7) is 8.92. The Hall–Kier alpha value is -1.43. The predicted molar refractivity (Wildman–Crippen MR) is 92.3 cm³/mol. The molecule has 0 saturated carbocycles. The third-order valence-corrected chi connectivity index (χ3v) is 5.36. The van der Waals surface area contributed by atoms with E-state index in [1.165, 1.54) is 5.56 Å². The van der Waals surface area contributed by atoms with Gasteiger partial charge in [0.15, 0.2) is 5.79 Å². The lowest BCUT2D eigenvalue weighted by molar-refractivity contribution is -0.153. The largest absolute Gasteiger partial charge is 0.358 e. The zero-order valence-electron chi connectivity index (χ0n) is 15.2. The van der Waals surface area contributed by atoms with Crippen molar-refractivity contribution in [3.8, 4) is 0 Å². The van der Waals surface area contributed by atoms with Crippen LogP contribution in [0.4, 0.5) is 0 Å². The fourth-order valence-corrected chi connectivity index (χ4v) is 3.97. The van der Waals surface area contributed by atoms with E-state index in [9.17, 15) is 4.79 Å². The lowest BCUT2D eigenvalue weighted by atomic mass is 9.82. The summed E-state index contributed by atoms with van der Waals surface area (Å²) in [4.78, 5) is 14.9. The van der Waals surface area contributed by atoms with Crippen molar-refractivity contribution >= 4 is 5.91 Å². The molecule has 2 heterocycles. The maximum absolute atomic E-state index is 12.7. The molecule has 0 radical (unpaired) electrons. The highest BCUT2D eigenvalue weighted by atomic mass is 16.8. The highest BCUT2D eigenvalue weighted by Gasteiger charge is 2.56. The van der Waals surface area contributed by atoms with Crippen LogP contribution in [0.15, 0.2) is 30.3 Å². The van der Waals surface area contributed by atoms with Crippen LogP contribution in [0.3, 0.4) is 0 Å². The Kier molecular flexibility index (Phi) is 4.69. The minimum absolute atomic E-state index is 0.0130. The number of nitrogens with one attached hydrogen (secondary N) is 1. The number of amides is 1. The van der Waals surface area contributed by atoms with Gasteiger partial charge in [0.25, 0.3) is 0 Å². The van der Waals surface area contributed by atoms with Gasteiger partial charge < -0.3 is 14.8 Å². The molecule has 24 heavy (non-hydrogen) atoms. The highest BCUT2D eigenvalue weighted by molar-refractivity contribution is 5.82. The van der Waals surface area contributed by atoms with Crippen LogP contribution in [-0.4, -0.2) is 47.9 Å². The molecule has 0 bridgehead atoms. The van der Waals surface area contributed by atoms with E-state index in [2.05, 4.69) is 36.2 Å². The van der Waals surface area contributed by atoms with Crippen LogP contribution in [0.5, 0.6) is 0 Å². The smallest absolute Gasteiger partial charge is 0.239 e. The number of ether oxygens (including phenoxy) is 2. The first kappa shape index (κ1) is 17.4. The molecule has 5 nitrogen and oxygen atoms in total. The van der Waals surface area contributed by atoms with Crippen molar-refractivity contribution in [1.29, 1.82) is 0 Å². The first-order valence-electron chi connectivity index (χ1n) is 8.71. The molecule has 0 spiro atoms. The number of likely N-dealkylation sites (N-methyl/N-ethyl adjacent to an activating group) is 1. The fourth-order valence-electron chi connectivity index (χ4n) is 3.97. The minimum atomic E-state index is -0.654. The van der Waals surface area contributed by atoms with Crippen LogP contribution in [-0.2, 0) is 20.8 Å². The molecule has 5 heteroatoms. The van der Waals surface area contributed by atoms with E-state index in [0.29, 0.717) is 0 Å². The SMILES string of the molecule is CNC(=O)[C@@H]1[C@H]2OC(C)(C)O[C@H]2[C@H](C)[C@@H](C)N1Cc1ccccc1. The summed E-state index contributed by atoms with van der Waals surface area (Å²) < 4.78 is 12.3. The zero-order chi connectivity index (χ0) is 17.5. The number of likely N-dealkylation sites (tertiary alicyclic amines) is 1. The standard InChI is InChI=1S/C19H28N2O3/c1-12-13(2)21(11-14-9-7-6-8-10-14)15(18(22)20-5)17-16(12)23-19(3,4)24-17/h6-10,12-13,15-17H,11H2,1-5H3,(H,20,22)/t12-,13-,15+,16+,17-/m1/s1. The Bertz CT molecular complexity index is 590. The summed E-state index contributed by atoms with van der Waals surface area (Å²) >= 11 is 0. The Morgan fingerprint density at radius 3 is 2.42 bits per heavy atom. The van der Waals surface area contributed by atoms with Crippen LogP contribution >= 0.6 is 0 Å². The number of hydrogen-bond donors (Lipinski definition) is 1. The number of nitrogens with zero attached hydrogens (tertiary/aromatic N) is 1. The second kappa shape index (κ2) is 6.47. The third kappa shape index (κ3) is 3.08. The molecule has 3 rings (SSSR count). The summed E-state index contributed by atoms with van der Waals surface area (Å²) in [6, 6.07) is 10.1. The van der Waals surface area contributed by atoms with Crippen molar-refractivity contribution < 1.29 is 14.3 Å². The van der Waals surface area contributed by atoms with Gasteiger partial charge in [-0.25, -0.2) is 0 Å². The average Bonchev–Trinajstić information content (AvgIpc) is 2.88. The van der Waals surface area contributed by atoms with Crippen molar-refractivity contribution in [2.75, 3.05) is 7.05 Å². The summed E-state index contributed by atoms with van der Waals surface area (Å²) in [6.07, 6.45) is -0.320. The van der Waals surface area contributed by atoms with Gasteiger partial charge in [0.05, 0.1) is 6.10 Å². The first-order valence-corrected chi connectivity index (χ1v) is 8.71. The van der Waals surface area contributed by atoms with Crippen molar-refractivity contribution in [2.45, 2.75) is 64.3 Å². The second-order valence-electron chi connectivity index (χ2n) is 7.38. The lowest BCUT2D eigenvalue weighted by Crippen LogP contribution is -2.65. The summed E-state index contributed by atoms with van der Waals surface area (Å²) in [5, 5.41) is 2.81. The summed E-state index contributed by atoms with van der Waals surface area (Å²) in [7, 11) is 1.68. The molecule has 2 saturated heterocycles. The van der Waals surface area contributed by atoms with E-state index < -0.39 is 5.79 Å². The van der Waals surface area contributed by atoms with E-state index in [-0.39, 0.29) is 36.1 Å². The molecular weight excluding hydrogens is 304 g/mol. The molecule has 0 aliphatic carbocycles. The van der Waals surface area contributed by atoms with Gasteiger partial charge in [-0.1, -0.05) is 37.3 Å². The molecule has 1 aromatic rings. The Morgan fingerprint density at radius 2 is 1.79 bits per heavy atom. The molecule has 2 fully saturated rings. The topological polar surface area (TPSA) is 50.8 Å². The molecule has 132 valence electrons. The highest BCUT2D eigenvalue weighted by Crippen LogP contribution is 2.41. The Labute approximate surface area is 144 Å². The number of piperidine rings is 1. The van der Waals surface area contributed by atoms with Crippen LogP contribution in [0, 0.1) is 5.92 Å². The van der Waals surface area contributed by atoms with Crippen molar-refractivity contribution in [3.63, 3.8) is 0 Å². The van der Waals surface area contributed by atoms with E-state index >= 15 is 0 Å². The van der Waals surface area contributed by atoms with Gasteiger partial charge in [-0.2, -0.15) is 0 Å². The summed E-state index contributed by atoms with van der Waals surface area (Å²) in [5.74, 6) is -0.388. The lowest BCUT2D eigenvalue weighted by Gasteiger charge is -2.47. The fraction of sp³-hybridized carbons (Fsp3) is 0.632. The van der Waals surface area contributed by atoms with Crippen molar-refractivity contribution in [1.82, 2.24) is 10.2 Å². The molecular formula is C19H28N2O3. The number of rotatable bonds is 3. The van der Waals surface area contributed by atoms with Gasteiger partial charge >= 0.3 is 0 Å². The van der Waals surface area contributed by atoms with Gasteiger partial charge in [-0.15, -0.1) is 0 Å². The quantitative estimate of drug-likeness (QED) is 0.922. The third-order valence-electron chi connectivity index (χ3n) is 5.36. The predicted octanol–water partition coefficient (Wildman–Crippen LogP) is 2.16. The molecule has 0 unspecified atom stereocenters. The van der Waals surface area contributed by atoms with E-state index in [1.54, 1.807) is 7.05 Å². The molecule has 5 atom stereocenters. The van der Waals surface area contributed by atoms with Gasteiger partial charge in [-0.3, -0.25) is 9.69 Å². The number of fused-ring (bicyclic) bond motifs is 1. The van der Waals surface area contributed by atoms with Crippen molar-refractivity contribution in [2.24, 2.45) is 5.92 Å². The molecule has 0 aromatic heterocycles.